The zero-order valence-corrected chi connectivity index (χ0v) is 13.5. The lowest BCUT2D eigenvalue weighted by Gasteiger charge is -2.42. The SMILES string of the molecule is CC1CC(C)(c2ccc(C(C)(C)C)cc2)CCN1C. The molecule has 0 aromatic heterocycles. The fourth-order valence-electron chi connectivity index (χ4n) is 3.19. The van der Waals surface area contributed by atoms with Gasteiger partial charge < -0.3 is 4.90 Å². The normalized spacial score (nSPS) is 29.5. The highest BCUT2D eigenvalue weighted by Crippen LogP contribution is 2.38. The average Bonchev–Trinajstić information content (AvgIpc) is 2.34. The number of nitrogens with zero attached hydrogens (tertiary/aromatic N) is 1. The summed E-state index contributed by atoms with van der Waals surface area (Å²) in [6.45, 7) is 12.8. The first kappa shape index (κ1) is 14.6. The van der Waals surface area contributed by atoms with E-state index < -0.39 is 0 Å². The number of benzene rings is 1. The molecule has 19 heavy (non-hydrogen) atoms. The van der Waals surface area contributed by atoms with Crippen molar-refractivity contribution in [1.82, 2.24) is 4.90 Å². The van der Waals surface area contributed by atoms with Crippen molar-refractivity contribution in [2.24, 2.45) is 0 Å². The standard InChI is InChI=1S/C18H29N/c1-14-13-18(5,11-12-19(14)6)16-9-7-15(8-10-16)17(2,3)4/h7-10,14H,11-13H2,1-6H3. The van der Waals surface area contributed by atoms with E-state index in [1.165, 1.54) is 30.5 Å². The van der Waals surface area contributed by atoms with Gasteiger partial charge in [0.15, 0.2) is 0 Å². The minimum absolute atomic E-state index is 0.250. The van der Waals surface area contributed by atoms with Gasteiger partial charge in [-0.2, -0.15) is 0 Å². The van der Waals surface area contributed by atoms with Crippen molar-refractivity contribution in [2.45, 2.75) is 64.3 Å². The number of rotatable bonds is 1. The Hall–Kier alpha value is -0.820. The van der Waals surface area contributed by atoms with Crippen LogP contribution in [0, 0.1) is 0 Å². The van der Waals surface area contributed by atoms with Crippen molar-refractivity contribution >= 4 is 0 Å². The minimum atomic E-state index is 0.250. The smallest absolute Gasteiger partial charge is 0.00722 e. The molecule has 1 fully saturated rings. The Morgan fingerprint density at radius 1 is 1.16 bits per heavy atom. The summed E-state index contributed by atoms with van der Waals surface area (Å²) in [4.78, 5) is 2.48. The van der Waals surface area contributed by atoms with Gasteiger partial charge in [-0.15, -0.1) is 0 Å². The van der Waals surface area contributed by atoms with E-state index in [1.807, 2.05) is 0 Å². The van der Waals surface area contributed by atoms with Crippen LogP contribution in [0.15, 0.2) is 24.3 Å². The summed E-state index contributed by atoms with van der Waals surface area (Å²) < 4.78 is 0. The number of piperidine rings is 1. The molecule has 1 heteroatoms. The van der Waals surface area contributed by atoms with Crippen LogP contribution in [0.3, 0.4) is 0 Å². The van der Waals surface area contributed by atoms with Crippen LogP contribution in [-0.2, 0) is 10.8 Å². The first-order valence-electron chi connectivity index (χ1n) is 7.54. The van der Waals surface area contributed by atoms with Gasteiger partial charge in [0.2, 0.25) is 0 Å². The van der Waals surface area contributed by atoms with E-state index in [-0.39, 0.29) is 5.41 Å². The fourth-order valence-corrected chi connectivity index (χ4v) is 3.19. The molecule has 1 nitrogen and oxygen atoms in total. The van der Waals surface area contributed by atoms with Crippen molar-refractivity contribution in [1.29, 1.82) is 0 Å². The lowest BCUT2D eigenvalue weighted by molar-refractivity contribution is 0.138. The van der Waals surface area contributed by atoms with Crippen molar-refractivity contribution in [2.75, 3.05) is 13.6 Å². The van der Waals surface area contributed by atoms with Crippen LogP contribution in [0.2, 0.25) is 0 Å². The fraction of sp³-hybridized carbons (Fsp3) is 0.667. The maximum absolute atomic E-state index is 2.48. The molecule has 1 heterocycles. The summed E-state index contributed by atoms with van der Waals surface area (Å²) in [6, 6.07) is 10.0. The Morgan fingerprint density at radius 2 is 1.74 bits per heavy atom. The lowest BCUT2D eigenvalue weighted by Crippen LogP contribution is -2.44. The molecule has 0 N–H and O–H groups in total. The average molecular weight is 259 g/mol. The summed E-state index contributed by atoms with van der Waals surface area (Å²) in [5, 5.41) is 0. The number of hydrogen-bond donors (Lipinski definition) is 0. The molecule has 1 aromatic rings. The third-order valence-electron chi connectivity index (χ3n) is 4.96. The molecule has 0 saturated carbocycles. The number of hydrogen-bond acceptors (Lipinski definition) is 1. The van der Waals surface area contributed by atoms with Crippen molar-refractivity contribution in [3.8, 4) is 0 Å². The molecule has 2 atom stereocenters. The van der Waals surface area contributed by atoms with Crippen LogP contribution in [0.25, 0.3) is 0 Å². The molecule has 0 spiro atoms. The second-order valence-corrected chi connectivity index (χ2v) is 7.67. The molecular weight excluding hydrogens is 230 g/mol. The van der Waals surface area contributed by atoms with Crippen LogP contribution in [-0.4, -0.2) is 24.5 Å². The maximum atomic E-state index is 2.48. The monoisotopic (exact) mass is 259 g/mol. The van der Waals surface area contributed by atoms with Crippen LogP contribution in [0.5, 0.6) is 0 Å². The Kier molecular flexibility index (Phi) is 3.79. The topological polar surface area (TPSA) is 3.24 Å². The number of likely N-dealkylation sites (tertiary alicyclic amines) is 1. The first-order chi connectivity index (χ1) is 8.72. The Balaban J connectivity index is 2.22. The third-order valence-corrected chi connectivity index (χ3v) is 4.96. The van der Waals surface area contributed by atoms with Gasteiger partial charge in [0.1, 0.15) is 0 Å². The highest BCUT2D eigenvalue weighted by Gasteiger charge is 2.34. The molecule has 1 aliphatic heterocycles. The Labute approximate surface area is 119 Å². The second kappa shape index (κ2) is 4.94. The van der Waals surface area contributed by atoms with Crippen LogP contribution in [0.4, 0.5) is 0 Å². The van der Waals surface area contributed by atoms with Gasteiger partial charge in [-0.25, -0.2) is 0 Å². The molecular formula is C18H29N. The van der Waals surface area contributed by atoms with E-state index in [0.717, 1.165) is 0 Å². The van der Waals surface area contributed by atoms with Gasteiger partial charge >= 0.3 is 0 Å². The molecule has 1 saturated heterocycles. The summed E-state index contributed by atoms with van der Waals surface area (Å²) in [6.07, 6.45) is 2.53. The second-order valence-electron chi connectivity index (χ2n) is 7.67. The van der Waals surface area contributed by atoms with E-state index in [9.17, 15) is 0 Å². The molecule has 0 bridgehead atoms. The molecule has 106 valence electrons. The molecule has 0 amide bonds. The van der Waals surface area contributed by atoms with Gasteiger partial charge in [-0.3, -0.25) is 0 Å². The van der Waals surface area contributed by atoms with Gasteiger partial charge in [0, 0.05) is 6.04 Å². The quantitative estimate of drug-likeness (QED) is 0.724. The Morgan fingerprint density at radius 3 is 2.21 bits per heavy atom. The van der Waals surface area contributed by atoms with E-state index in [1.54, 1.807) is 0 Å². The van der Waals surface area contributed by atoms with Crippen molar-refractivity contribution in [3.05, 3.63) is 35.4 Å². The van der Waals surface area contributed by atoms with Gasteiger partial charge in [-0.05, 0) is 55.3 Å². The molecule has 2 unspecified atom stereocenters. The summed E-state index contributed by atoms with van der Waals surface area (Å²) in [5.41, 5.74) is 3.54. The van der Waals surface area contributed by atoms with Crippen molar-refractivity contribution < 1.29 is 0 Å². The van der Waals surface area contributed by atoms with E-state index in [4.69, 9.17) is 0 Å². The summed E-state index contributed by atoms with van der Waals surface area (Å²) in [7, 11) is 2.24. The van der Waals surface area contributed by atoms with E-state index in [0.29, 0.717) is 11.5 Å². The van der Waals surface area contributed by atoms with Crippen LogP contribution >= 0.6 is 0 Å². The van der Waals surface area contributed by atoms with E-state index in [2.05, 4.69) is 70.8 Å². The van der Waals surface area contributed by atoms with E-state index >= 15 is 0 Å². The Bertz CT molecular complexity index is 426. The van der Waals surface area contributed by atoms with Crippen LogP contribution < -0.4 is 0 Å². The molecule has 0 radical (unpaired) electrons. The minimum Gasteiger partial charge on any atom is -0.304 e. The maximum Gasteiger partial charge on any atom is 0.00722 e. The lowest BCUT2D eigenvalue weighted by atomic mass is 9.71. The third kappa shape index (κ3) is 3.02. The first-order valence-corrected chi connectivity index (χ1v) is 7.54. The van der Waals surface area contributed by atoms with Crippen molar-refractivity contribution in [3.63, 3.8) is 0 Å². The van der Waals surface area contributed by atoms with Gasteiger partial charge in [0.05, 0.1) is 0 Å². The highest BCUT2D eigenvalue weighted by atomic mass is 15.1. The highest BCUT2D eigenvalue weighted by molar-refractivity contribution is 5.32. The molecule has 2 rings (SSSR count). The summed E-state index contributed by atoms with van der Waals surface area (Å²) >= 11 is 0. The van der Waals surface area contributed by atoms with Gasteiger partial charge in [0.25, 0.3) is 0 Å². The zero-order chi connectivity index (χ0) is 14.3. The van der Waals surface area contributed by atoms with Crippen LogP contribution in [0.1, 0.15) is 58.6 Å². The molecule has 1 aliphatic rings. The largest absolute Gasteiger partial charge is 0.304 e. The van der Waals surface area contributed by atoms with Gasteiger partial charge in [-0.1, -0.05) is 52.0 Å². The molecule has 0 aliphatic carbocycles. The molecule has 1 aromatic carbocycles. The predicted molar refractivity (Wildman–Crippen MR) is 83.8 cm³/mol. The predicted octanol–water partition coefficient (Wildman–Crippen LogP) is 4.36. The summed E-state index contributed by atoms with van der Waals surface area (Å²) in [5.74, 6) is 0. The zero-order valence-electron chi connectivity index (χ0n) is 13.5.